The third kappa shape index (κ3) is 3.00. The number of aryl methyl sites for hydroxylation is 1. The second kappa shape index (κ2) is 5.54. The Balaban J connectivity index is 2.17. The Bertz CT molecular complexity index is 508. The summed E-state index contributed by atoms with van der Waals surface area (Å²) < 4.78 is 0. The van der Waals surface area contributed by atoms with Crippen molar-refractivity contribution in [2.24, 2.45) is 0 Å². The van der Waals surface area contributed by atoms with E-state index in [2.05, 4.69) is 48.0 Å². The summed E-state index contributed by atoms with van der Waals surface area (Å²) in [6.45, 7) is 5.89. The zero-order valence-electron chi connectivity index (χ0n) is 10.8. The van der Waals surface area contributed by atoms with E-state index in [-0.39, 0.29) is 5.75 Å². The second-order valence-electron chi connectivity index (χ2n) is 4.36. The molecule has 0 saturated carbocycles. The quantitative estimate of drug-likeness (QED) is 0.895. The molecule has 0 aliphatic heterocycles. The standard InChI is InChI=1S/C15H18N2O/c1-3-17(14-6-4-5-12(2)9-14)11-13-7-8-15(18)10-16-13/h4-10,18H,3,11H2,1-2H3. The summed E-state index contributed by atoms with van der Waals surface area (Å²) in [5.41, 5.74) is 3.41. The number of benzene rings is 1. The molecule has 2 rings (SSSR count). The maximum absolute atomic E-state index is 9.23. The van der Waals surface area contributed by atoms with Gasteiger partial charge in [0.05, 0.1) is 18.4 Å². The highest BCUT2D eigenvalue weighted by atomic mass is 16.3. The molecular weight excluding hydrogens is 224 g/mol. The molecule has 1 aromatic heterocycles. The minimum absolute atomic E-state index is 0.206. The van der Waals surface area contributed by atoms with E-state index in [0.717, 1.165) is 18.8 Å². The number of nitrogens with zero attached hydrogens (tertiary/aromatic N) is 2. The maximum Gasteiger partial charge on any atom is 0.133 e. The van der Waals surface area contributed by atoms with Crippen molar-refractivity contribution in [3.63, 3.8) is 0 Å². The van der Waals surface area contributed by atoms with E-state index in [4.69, 9.17) is 0 Å². The Labute approximate surface area is 108 Å². The van der Waals surface area contributed by atoms with Gasteiger partial charge in [0.2, 0.25) is 0 Å². The van der Waals surface area contributed by atoms with Crippen molar-refractivity contribution in [3.05, 3.63) is 53.9 Å². The first-order chi connectivity index (χ1) is 8.69. The van der Waals surface area contributed by atoms with Gasteiger partial charge in [0, 0.05) is 12.2 Å². The fourth-order valence-electron chi connectivity index (χ4n) is 1.92. The lowest BCUT2D eigenvalue weighted by molar-refractivity contribution is 0.472. The van der Waals surface area contributed by atoms with E-state index in [1.54, 1.807) is 6.07 Å². The fraction of sp³-hybridized carbons (Fsp3) is 0.267. The molecule has 0 spiro atoms. The molecule has 0 fully saturated rings. The zero-order valence-corrected chi connectivity index (χ0v) is 10.8. The number of anilines is 1. The van der Waals surface area contributed by atoms with Crippen molar-refractivity contribution in [1.29, 1.82) is 0 Å². The average Bonchev–Trinajstić information content (AvgIpc) is 2.38. The first-order valence-corrected chi connectivity index (χ1v) is 6.14. The molecule has 1 aromatic carbocycles. The topological polar surface area (TPSA) is 36.4 Å². The lowest BCUT2D eigenvalue weighted by atomic mass is 10.2. The molecule has 3 heteroatoms. The predicted molar refractivity (Wildman–Crippen MR) is 73.8 cm³/mol. The minimum atomic E-state index is 0.206. The highest BCUT2D eigenvalue weighted by Crippen LogP contribution is 2.18. The highest BCUT2D eigenvalue weighted by molar-refractivity contribution is 5.48. The third-order valence-corrected chi connectivity index (χ3v) is 2.91. The number of hydrogen-bond acceptors (Lipinski definition) is 3. The molecule has 0 radical (unpaired) electrons. The van der Waals surface area contributed by atoms with Gasteiger partial charge < -0.3 is 10.0 Å². The summed E-state index contributed by atoms with van der Waals surface area (Å²) in [4.78, 5) is 6.48. The zero-order chi connectivity index (χ0) is 13.0. The molecule has 0 aliphatic rings. The monoisotopic (exact) mass is 242 g/mol. The van der Waals surface area contributed by atoms with Crippen molar-refractivity contribution in [2.75, 3.05) is 11.4 Å². The average molecular weight is 242 g/mol. The Morgan fingerprint density at radius 2 is 2.06 bits per heavy atom. The van der Waals surface area contributed by atoms with Crippen LogP contribution in [0.2, 0.25) is 0 Å². The van der Waals surface area contributed by atoms with Gasteiger partial charge in [0.25, 0.3) is 0 Å². The first-order valence-electron chi connectivity index (χ1n) is 6.14. The van der Waals surface area contributed by atoms with Crippen LogP contribution in [-0.2, 0) is 6.54 Å². The maximum atomic E-state index is 9.23. The number of pyridine rings is 1. The minimum Gasteiger partial charge on any atom is -0.506 e. The number of rotatable bonds is 4. The molecular formula is C15H18N2O. The lowest BCUT2D eigenvalue weighted by Gasteiger charge is -2.23. The Morgan fingerprint density at radius 3 is 2.67 bits per heavy atom. The summed E-state index contributed by atoms with van der Waals surface area (Å²) in [6, 6.07) is 12.0. The van der Waals surface area contributed by atoms with Gasteiger partial charge in [0.15, 0.2) is 0 Å². The molecule has 1 heterocycles. The van der Waals surface area contributed by atoms with E-state index < -0.39 is 0 Å². The van der Waals surface area contributed by atoms with Crippen LogP contribution in [-0.4, -0.2) is 16.6 Å². The van der Waals surface area contributed by atoms with Gasteiger partial charge in [-0.1, -0.05) is 12.1 Å². The SMILES string of the molecule is CCN(Cc1ccc(O)cn1)c1cccc(C)c1. The number of hydrogen-bond donors (Lipinski definition) is 1. The van der Waals surface area contributed by atoms with E-state index >= 15 is 0 Å². The van der Waals surface area contributed by atoms with Crippen LogP contribution in [0.1, 0.15) is 18.2 Å². The van der Waals surface area contributed by atoms with Crippen LogP contribution in [0.4, 0.5) is 5.69 Å². The summed E-state index contributed by atoms with van der Waals surface area (Å²) in [5.74, 6) is 0.206. The Hall–Kier alpha value is -2.03. The molecule has 0 amide bonds. The number of aromatic hydroxyl groups is 1. The van der Waals surface area contributed by atoms with Crippen molar-refractivity contribution in [1.82, 2.24) is 4.98 Å². The van der Waals surface area contributed by atoms with Gasteiger partial charge in [-0.25, -0.2) is 0 Å². The summed E-state index contributed by atoms with van der Waals surface area (Å²) in [7, 11) is 0. The van der Waals surface area contributed by atoms with Crippen LogP contribution in [0.5, 0.6) is 5.75 Å². The van der Waals surface area contributed by atoms with E-state index in [0.29, 0.717) is 0 Å². The first kappa shape index (κ1) is 12.4. The highest BCUT2D eigenvalue weighted by Gasteiger charge is 2.06. The van der Waals surface area contributed by atoms with Gasteiger partial charge in [0.1, 0.15) is 5.75 Å². The van der Waals surface area contributed by atoms with Gasteiger partial charge in [-0.15, -0.1) is 0 Å². The molecule has 3 nitrogen and oxygen atoms in total. The predicted octanol–water partition coefficient (Wildman–Crippen LogP) is 3.12. The molecule has 0 unspecified atom stereocenters. The molecule has 0 atom stereocenters. The van der Waals surface area contributed by atoms with Crippen molar-refractivity contribution in [2.45, 2.75) is 20.4 Å². The molecule has 0 bridgehead atoms. The molecule has 0 saturated heterocycles. The molecule has 1 N–H and O–H groups in total. The van der Waals surface area contributed by atoms with Crippen LogP contribution in [0.3, 0.4) is 0 Å². The van der Waals surface area contributed by atoms with Crippen molar-refractivity contribution < 1.29 is 5.11 Å². The summed E-state index contributed by atoms with van der Waals surface area (Å²) in [5, 5.41) is 9.23. The van der Waals surface area contributed by atoms with Gasteiger partial charge >= 0.3 is 0 Å². The summed E-state index contributed by atoms with van der Waals surface area (Å²) >= 11 is 0. The third-order valence-electron chi connectivity index (χ3n) is 2.91. The van der Waals surface area contributed by atoms with Gasteiger partial charge in [-0.3, -0.25) is 4.98 Å². The van der Waals surface area contributed by atoms with Crippen molar-refractivity contribution >= 4 is 5.69 Å². The van der Waals surface area contributed by atoms with Gasteiger partial charge in [-0.2, -0.15) is 0 Å². The molecule has 2 aromatic rings. The molecule has 0 aliphatic carbocycles. The van der Waals surface area contributed by atoms with Crippen molar-refractivity contribution in [3.8, 4) is 5.75 Å². The van der Waals surface area contributed by atoms with Crippen LogP contribution in [0, 0.1) is 6.92 Å². The van der Waals surface area contributed by atoms with E-state index in [1.807, 2.05) is 6.07 Å². The van der Waals surface area contributed by atoms with E-state index in [9.17, 15) is 5.11 Å². The Kier molecular flexibility index (Phi) is 3.82. The van der Waals surface area contributed by atoms with Crippen LogP contribution in [0.15, 0.2) is 42.6 Å². The van der Waals surface area contributed by atoms with Crippen LogP contribution >= 0.6 is 0 Å². The smallest absolute Gasteiger partial charge is 0.133 e. The normalized spacial score (nSPS) is 10.3. The molecule has 18 heavy (non-hydrogen) atoms. The van der Waals surface area contributed by atoms with Crippen LogP contribution in [0.25, 0.3) is 0 Å². The lowest BCUT2D eigenvalue weighted by Crippen LogP contribution is -2.22. The van der Waals surface area contributed by atoms with E-state index in [1.165, 1.54) is 17.4 Å². The number of aromatic nitrogens is 1. The van der Waals surface area contributed by atoms with Gasteiger partial charge in [-0.05, 0) is 43.7 Å². The second-order valence-corrected chi connectivity index (χ2v) is 4.36. The Morgan fingerprint density at radius 1 is 1.22 bits per heavy atom. The largest absolute Gasteiger partial charge is 0.506 e. The summed E-state index contributed by atoms with van der Waals surface area (Å²) in [6.07, 6.45) is 1.49. The van der Waals surface area contributed by atoms with Crippen LogP contribution < -0.4 is 4.90 Å². The fourth-order valence-corrected chi connectivity index (χ4v) is 1.92. The molecule has 94 valence electrons.